The van der Waals surface area contributed by atoms with Gasteiger partial charge in [-0.15, -0.1) is 0 Å². The van der Waals surface area contributed by atoms with Gasteiger partial charge in [0.1, 0.15) is 0 Å². The Kier molecular flexibility index (Phi) is 5.66. The van der Waals surface area contributed by atoms with Crippen molar-refractivity contribution in [3.05, 3.63) is 35.9 Å². The summed E-state index contributed by atoms with van der Waals surface area (Å²) in [5.74, 6) is 0.841. The van der Waals surface area contributed by atoms with E-state index in [2.05, 4.69) is 22.2 Å². The van der Waals surface area contributed by atoms with E-state index >= 15 is 0 Å². The van der Waals surface area contributed by atoms with E-state index in [4.69, 9.17) is 0 Å². The molecule has 24 heavy (non-hydrogen) atoms. The van der Waals surface area contributed by atoms with E-state index < -0.39 is 0 Å². The molecule has 2 heterocycles. The maximum absolute atomic E-state index is 12.3. The molecule has 3 atom stereocenters. The molecule has 130 valence electrons. The molecule has 5 nitrogen and oxygen atoms in total. The highest BCUT2D eigenvalue weighted by atomic mass is 32.2. The molecule has 2 saturated heterocycles. The number of ether oxygens (including phenoxy) is 1. The Hall–Kier alpha value is -1.69. The molecule has 2 aliphatic heterocycles. The Morgan fingerprint density at radius 1 is 1.33 bits per heavy atom. The summed E-state index contributed by atoms with van der Waals surface area (Å²) < 4.78 is 4.67. The number of methoxy groups -OCH3 is 1. The number of hydrogen-bond acceptors (Lipinski definition) is 4. The highest BCUT2D eigenvalue weighted by Gasteiger charge is 2.47. The highest BCUT2D eigenvalue weighted by molar-refractivity contribution is 8.00. The summed E-state index contributed by atoms with van der Waals surface area (Å²) in [5, 5.41) is 3.61. The first-order valence-corrected chi connectivity index (χ1v) is 9.53. The molecular weight excluding hydrogens is 324 g/mol. The summed E-state index contributed by atoms with van der Waals surface area (Å²) in [6, 6.07) is 10.7. The molecule has 0 radical (unpaired) electrons. The van der Waals surface area contributed by atoms with Gasteiger partial charge in [-0.1, -0.05) is 36.8 Å². The first-order valence-electron chi connectivity index (χ1n) is 8.48. The Balaban J connectivity index is 1.51. The zero-order valence-electron chi connectivity index (χ0n) is 13.9. The number of carbonyl (C=O) groups is 2. The van der Waals surface area contributed by atoms with Crippen molar-refractivity contribution in [2.24, 2.45) is 0 Å². The number of amides is 2. The van der Waals surface area contributed by atoms with Crippen molar-refractivity contribution in [1.29, 1.82) is 0 Å². The third-order valence-corrected chi connectivity index (χ3v) is 6.28. The second kappa shape index (κ2) is 7.92. The van der Waals surface area contributed by atoms with Crippen molar-refractivity contribution in [2.75, 3.05) is 12.9 Å². The van der Waals surface area contributed by atoms with Crippen LogP contribution in [0.1, 0.15) is 31.2 Å². The van der Waals surface area contributed by atoms with Crippen molar-refractivity contribution >= 4 is 23.8 Å². The van der Waals surface area contributed by atoms with Crippen LogP contribution in [0.15, 0.2) is 30.3 Å². The van der Waals surface area contributed by atoms with Crippen LogP contribution in [0.3, 0.4) is 0 Å². The van der Waals surface area contributed by atoms with Gasteiger partial charge in [-0.2, -0.15) is 11.8 Å². The largest absolute Gasteiger partial charge is 0.469 e. The second-order valence-corrected chi connectivity index (χ2v) is 7.62. The number of carbonyl (C=O) groups excluding carboxylic acids is 2. The number of unbranched alkanes of at least 4 members (excludes halogenated alkanes) is 1. The predicted molar refractivity (Wildman–Crippen MR) is 94.8 cm³/mol. The average molecular weight is 348 g/mol. The van der Waals surface area contributed by atoms with Crippen molar-refractivity contribution in [2.45, 2.75) is 49.6 Å². The fraction of sp³-hybridized carbons (Fsp3) is 0.556. The molecule has 3 rings (SSSR count). The van der Waals surface area contributed by atoms with Gasteiger partial charge >= 0.3 is 12.0 Å². The Morgan fingerprint density at radius 3 is 2.88 bits per heavy atom. The normalized spacial score (nSPS) is 25.5. The standard InChI is InChI=1S/C18H24N2O3S/c1-23-16(21)10-6-5-9-15-17-14(12-24-15)20(18(22)19-17)11-13-7-3-2-4-8-13/h2-4,7-8,14-15,17H,5-6,9-12H2,1H3,(H,19,22)/t14-,15-,17-/m0/s1. The second-order valence-electron chi connectivity index (χ2n) is 6.35. The maximum atomic E-state index is 12.3. The van der Waals surface area contributed by atoms with E-state index in [1.54, 1.807) is 0 Å². The number of fused-ring (bicyclic) bond motifs is 1. The zero-order valence-corrected chi connectivity index (χ0v) is 14.8. The van der Waals surface area contributed by atoms with Crippen LogP contribution in [-0.2, 0) is 16.1 Å². The smallest absolute Gasteiger partial charge is 0.318 e. The van der Waals surface area contributed by atoms with Gasteiger partial charge in [-0.05, 0) is 18.4 Å². The number of esters is 1. The van der Waals surface area contributed by atoms with Crippen molar-refractivity contribution in [1.82, 2.24) is 10.2 Å². The van der Waals surface area contributed by atoms with Gasteiger partial charge < -0.3 is 15.0 Å². The van der Waals surface area contributed by atoms with E-state index in [-0.39, 0.29) is 24.1 Å². The van der Waals surface area contributed by atoms with Crippen LogP contribution in [0.5, 0.6) is 0 Å². The maximum Gasteiger partial charge on any atom is 0.318 e. The molecule has 6 heteroatoms. The van der Waals surface area contributed by atoms with Gasteiger partial charge in [0.2, 0.25) is 0 Å². The lowest BCUT2D eigenvalue weighted by molar-refractivity contribution is -0.140. The SMILES string of the molecule is COC(=O)CCCC[C@@H]1SC[C@H]2[C@@H]1NC(=O)N2Cc1ccccc1. The molecule has 0 aliphatic carbocycles. The van der Waals surface area contributed by atoms with E-state index in [1.165, 1.54) is 12.7 Å². The molecule has 2 fully saturated rings. The summed E-state index contributed by atoms with van der Waals surface area (Å²) in [6.45, 7) is 0.670. The van der Waals surface area contributed by atoms with E-state index in [0.29, 0.717) is 18.2 Å². The van der Waals surface area contributed by atoms with Gasteiger partial charge in [0.15, 0.2) is 0 Å². The van der Waals surface area contributed by atoms with Crippen LogP contribution in [0, 0.1) is 0 Å². The molecule has 2 amide bonds. The van der Waals surface area contributed by atoms with Gasteiger partial charge in [0.05, 0.1) is 19.2 Å². The van der Waals surface area contributed by atoms with Crippen molar-refractivity contribution < 1.29 is 14.3 Å². The van der Waals surface area contributed by atoms with Crippen molar-refractivity contribution in [3.63, 3.8) is 0 Å². The van der Waals surface area contributed by atoms with Crippen LogP contribution < -0.4 is 5.32 Å². The highest BCUT2D eigenvalue weighted by Crippen LogP contribution is 2.37. The lowest BCUT2D eigenvalue weighted by Gasteiger charge is -2.22. The van der Waals surface area contributed by atoms with E-state index in [0.717, 1.165) is 25.0 Å². The molecule has 1 aromatic rings. The van der Waals surface area contributed by atoms with Crippen LogP contribution in [0.4, 0.5) is 4.79 Å². The fourth-order valence-corrected chi connectivity index (χ4v) is 5.10. The van der Waals surface area contributed by atoms with Gasteiger partial charge in [-0.25, -0.2) is 4.79 Å². The molecule has 0 aromatic heterocycles. The molecule has 1 aromatic carbocycles. The van der Waals surface area contributed by atoms with Crippen LogP contribution >= 0.6 is 11.8 Å². The molecular formula is C18H24N2O3S. The van der Waals surface area contributed by atoms with E-state index in [1.807, 2.05) is 34.9 Å². The number of thioether (sulfide) groups is 1. The summed E-state index contributed by atoms with van der Waals surface area (Å²) >= 11 is 1.94. The number of urea groups is 1. The van der Waals surface area contributed by atoms with Crippen LogP contribution in [0.2, 0.25) is 0 Å². The Bertz CT molecular complexity index is 581. The molecule has 0 spiro atoms. The number of nitrogens with zero attached hydrogens (tertiary/aromatic N) is 1. The molecule has 1 N–H and O–H groups in total. The molecule has 0 bridgehead atoms. The van der Waals surface area contributed by atoms with Crippen LogP contribution in [-0.4, -0.2) is 47.1 Å². The third-order valence-electron chi connectivity index (χ3n) is 4.79. The quantitative estimate of drug-likeness (QED) is 0.468. The summed E-state index contributed by atoms with van der Waals surface area (Å²) in [5.41, 5.74) is 1.17. The Morgan fingerprint density at radius 2 is 2.12 bits per heavy atom. The van der Waals surface area contributed by atoms with Crippen LogP contribution in [0.25, 0.3) is 0 Å². The first kappa shape index (κ1) is 17.1. The summed E-state index contributed by atoms with van der Waals surface area (Å²) in [4.78, 5) is 25.5. The molecule has 0 saturated carbocycles. The fourth-order valence-electron chi connectivity index (χ4n) is 3.48. The van der Waals surface area contributed by atoms with E-state index in [9.17, 15) is 9.59 Å². The average Bonchev–Trinajstić information content (AvgIpc) is 3.12. The van der Waals surface area contributed by atoms with Crippen molar-refractivity contribution in [3.8, 4) is 0 Å². The van der Waals surface area contributed by atoms with Gasteiger partial charge in [0.25, 0.3) is 0 Å². The van der Waals surface area contributed by atoms with Gasteiger partial charge in [0, 0.05) is 24.0 Å². The Labute approximate surface area is 147 Å². The molecule has 0 unspecified atom stereocenters. The zero-order chi connectivity index (χ0) is 16.9. The number of hydrogen-bond donors (Lipinski definition) is 1. The lowest BCUT2D eigenvalue weighted by atomic mass is 10.0. The number of nitrogens with one attached hydrogen (secondary N) is 1. The summed E-state index contributed by atoms with van der Waals surface area (Å²) in [7, 11) is 1.43. The third kappa shape index (κ3) is 3.86. The summed E-state index contributed by atoms with van der Waals surface area (Å²) in [6.07, 6.45) is 3.35. The minimum Gasteiger partial charge on any atom is -0.469 e. The first-order chi connectivity index (χ1) is 11.7. The minimum absolute atomic E-state index is 0.0497. The minimum atomic E-state index is -0.143. The lowest BCUT2D eigenvalue weighted by Crippen LogP contribution is -2.37. The number of rotatable bonds is 7. The number of benzene rings is 1. The monoisotopic (exact) mass is 348 g/mol. The molecule has 2 aliphatic rings. The van der Waals surface area contributed by atoms with Gasteiger partial charge in [-0.3, -0.25) is 4.79 Å². The topological polar surface area (TPSA) is 58.6 Å². The predicted octanol–water partition coefficient (Wildman–Crippen LogP) is 2.80.